The van der Waals surface area contributed by atoms with E-state index in [0.717, 1.165) is 0 Å². The summed E-state index contributed by atoms with van der Waals surface area (Å²) in [4.78, 5) is 12.1. The van der Waals surface area contributed by atoms with Gasteiger partial charge in [0.1, 0.15) is 0 Å². The molecule has 28 heavy (non-hydrogen) atoms. The number of sulfonamides is 1. The number of hydrogen-bond acceptors (Lipinski definition) is 4. The SMILES string of the molecule is CCCNS(=O)(=O)c1ccc(NC(=S)NC(=O)C=Cc2ccccc2Cl)cc1. The monoisotopic (exact) mass is 437 g/mol. The van der Waals surface area contributed by atoms with Gasteiger partial charge in [0.15, 0.2) is 5.11 Å². The molecule has 0 unspecified atom stereocenters. The molecule has 0 saturated heterocycles. The van der Waals surface area contributed by atoms with Crippen molar-refractivity contribution in [1.82, 2.24) is 10.0 Å². The second kappa shape index (κ2) is 10.3. The number of carbonyl (C=O) groups excluding carboxylic acids is 1. The molecule has 0 heterocycles. The molecule has 9 heteroatoms. The Bertz CT molecular complexity index is 974. The lowest BCUT2D eigenvalue weighted by Gasteiger charge is -2.10. The van der Waals surface area contributed by atoms with Crippen molar-refractivity contribution < 1.29 is 13.2 Å². The molecule has 0 aliphatic carbocycles. The zero-order valence-corrected chi connectivity index (χ0v) is 17.5. The number of carbonyl (C=O) groups is 1. The fourth-order valence-corrected chi connectivity index (χ4v) is 3.68. The predicted molar refractivity (Wildman–Crippen MR) is 117 cm³/mol. The van der Waals surface area contributed by atoms with E-state index in [0.29, 0.717) is 29.2 Å². The zero-order valence-electron chi connectivity index (χ0n) is 15.1. The summed E-state index contributed by atoms with van der Waals surface area (Å²) >= 11 is 11.1. The minimum absolute atomic E-state index is 0.0912. The summed E-state index contributed by atoms with van der Waals surface area (Å²) < 4.78 is 26.6. The number of anilines is 1. The first-order valence-electron chi connectivity index (χ1n) is 8.46. The Hall–Kier alpha value is -2.26. The van der Waals surface area contributed by atoms with Crippen LogP contribution in [0.1, 0.15) is 18.9 Å². The van der Waals surface area contributed by atoms with Crippen LogP contribution in [0.4, 0.5) is 5.69 Å². The minimum Gasteiger partial charge on any atom is -0.332 e. The van der Waals surface area contributed by atoms with E-state index in [9.17, 15) is 13.2 Å². The molecular formula is C19H20ClN3O3S2. The summed E-state index contributed by atoms with van der Waals surface area (Å²) in [5, 5.41) is 5.97. The molecule has 0 aliphatic rings. The molecule has 2 rings (SSSR count). The van der Waals surface area contributed by atoms with E-state index >= 15 is 0 Å². The van der Waals surface area contributed by atoms with Gasteiger partial charge in [0, 0.05) is 23.3 Å². The van der Waals surface area contributed by atoms with Gasteiger partial charge in [-0.25, -0.2) is 13.1 Å². The van der Waals surface area contributed by atoms with E-state index < -0.39 is 15.9 Å². The number of nitrogens with one attached hydrogen (secondary N) is 3. The Morgan fingerprint density at radius 3 is 2.46 bits per heavy atom. The van der Waals surface area contributed by atoms with Crippen LogP contribution in [0.2, 0.25) is 5.02 Å². The van der Waals surface area contributed by atoms with Crippen LogP contribution in [0.3, 0.4) is 0 Å². The average molecular weight is 438 g/mol. The van der Waals surface area contributed by atoms with Crippen LogP contribution < -0.4 is 15.4 Å². The van der Waals surface area contributed by atoms with Gasteiger partial charge in [-0.05, 0) is 60.6 Å². The molecule has 2 aromatic carbocycles. The maximum atomic E-state index is 12.1. The molecule has 148 valence electrons. The van der Waals surface area contributed by atoms with Gasteiger partial charge < -0.3 is 5.32 Å². The Kier molecular flexibility index (Phi) is 8.13. The fourth-order valence-electron chi connectivity index (χ4n) is 2.13. The summed E-state index contributed by atoms with van der Waals surface area (Å²) in [7, 11) is -3.52. The van der Waals surface area contributed by atoms with Gasteiger partial charge in [0.25, 0.3) is 0 Å². The van der Waals surface area contributed by atoms with Crippen molar-refractivity contribution in [3.63, 3.8) is 0 Å². The highest BCUT2D eigenvalue weighted by Crippen LogP contribution is 2.16. The van der Waals surface area contributed by atoms with Gasteiger partial charge in [-0.1, -0.05) is 36.7 Å². The minimum atomic E-state index is -3.52. The maximum absolute atomic E-state index is 12.1. The van der Waals surface area contributed by atoms with Crippen molar-refractivity contribution in [2.75, 3.05) is 11.9 Å². The largest absolute Gasteiger partial charge is 0.332 e. The number of halogens is 1. The molecule has 1 amide bonds. The topological polar surface area (TPSA) is 87.3 Å². The third-order valence-corrected chi connectivity index (χ3v) is 5.55. The molecule has 2 aromatic rings. The summed E-state index contributed by atoms with van der Waals surface area (Å²) in [6.07, 6.45) is 3.62. The summed E-state index contributed by atoms with van der Waals surface area (Å²) in [5.74, 6) is -0.416. The van der Waals surface area contributed by atoms with Gasteiger partial charge in [-0.15, -0.1) is 0 Å². The lowest BCUT2D eigenvalue weighted by Crippen LogP contribution is -2.32. The smallest absolute Gasteiger partial charge is 0.250 e. The standard InChI is InChI=1S/C19H20ClN3O3S2/c1-2-13-21-28(25,26)16-10-8-15(9-11-16)22-19(27)23-18(24)12-7-14-5-3-4-6-17(14)20/h3-12,21H,2,13H2,1H3,(H2,22,23,24,27). The lowest BCUT2D eigenvalue weighted by molar-refractivity contribution is -0.115. The summed E-state index contributed by atoms with van der Waals surface area (Å²) in [5.41, 5.74) is 1.27. The molecule has 6 nitrogen and oxygen atoms in total. The molecular weight excluding hydrogens is 418 g/mol. The van der Waals surface area contributed by atoms with E-state index in [4.69, 9.17) is 23.8 Å². The molecule has 0 spiro atoms. The maximum Gasteiger partial charge on any atom is 0.250 e. The van der Waals surface area contributed by atoms with Crippen LogP contribution in [0, 0.1) is 0 Å². The van der Waals surface area contributed by atoms with E-state index in [1.54, 1.807) is 36.4 Å². The first kappa shape index (κ1) is 22.0. The van der Waals surface area contributed by atoms with Crippen molar-refractivity contribution >= 4 is 56.6 Å². The van der Waals surface area contributed by atoms with Crippen LogP contribution in [0.5, 0.6) is 0 Å². The normalized spacial score (nSPS) is 11.4. The summed E-state index contributed by atoms with van der Waals surface area (Å²) in [6.45, 7) is 2.26. The predicted octanol–water partition coefficient (Wildman–Crippen LogP) is 3.55. The van der Waals surface area contributed by atoms with Gasteiger partial charge in [0.2, 0.25) is 15.9 Å². The van der Waals surface area contributed by atoms with Crippen LogP contribution in [0.15, 0.2) is 59.5 Å². The van der Waals surface area contributed by atoms with Crippen LogP contribution >= 0.6 is 23.8 Å². The van der Waals surface area contributed by atoms with E-state index in [-0.39, 0.29) is 10.0 Å². The fraction of sp³-hybridized carbons (Fsp3) is 0.158. The van der Waals surface area contributed by atoms with Crippen molar-refractivity contribution in [2.45, 2.75) is 18.2 Å². The van der Waals surface area contributed by atoms with Gasteiger partial charge >= 0.3 is 0 Å². The van der Waals surface area contributed by atoms with E-state index in [1.807, 2.05) is 13.0 Å². The number of benzene rings is 2. The number of amides is 1. The highest BCUT2D eigenvalue weighted by molar-refractivity contribution is 7.89. The quantitative estimate of drug-likeness (QED) is 0.455. The molecule has 0 fully saturated rings. The molecule has 0 atom stereocenters. The Labute approximate surface area is 175 Å². The van der Waals surface area contributed by atoms with Crippen LogP contribution in [-0.4, -0.2) is 26.0 Å². The highest BCUT2D eigenvalue weighted by atomic mass is 35.5. The Morgan fingerprint density at radius 1 is 1.14 bits per heavy atom. The average Bonchev–Trinajstić information content (AvgIpc) is 2.66. The van der Waals surface area contributed by atoms with Crippen molar-refractivity contribution in [1.29, 1.82) is 0 Å². The number of thiocarbonyl (C=S) groups is 1. The third-order valence-electron chi connectivity index (χ3n) is 3.52. The zero-order chi connectivity index (χ0) is 20.6. The molecule has 0 aromatic heterocycles. The number of rotatable bonds is 7. The summed E-state index contributed by atoms with van der Waals surface area (Å²) in [6, 6.07) is 13.2. The second-order valence-corrected chi connectivity index (χ2v) is 8.30. The van der Waals surface area contributed by atoms with Crippen LogP contribution in [0.25, 0.3) is 6.08 Å². The van der Waals surface area contributed by atoms with Crippen molar-refractivity contribution in [2.24, 2.45) is 0 Å². The van der Waals surface area contributed by atoms with E-state index in [1.165, 1.54) is 18.2 Å². The molecule has 0 radical (unpaired) electrons. The molecule has 3 N–H and O–H groups in total. The Morgan fingerprint density at radius 2 is 1.82 bits per heavy atom. The first-order chi connectivity index (χ1) is 13.3. The van der Waals surface area contributed by atoms with Crippen molar-refractivity contribution in [3.8, 4) is 0 Å². The first-order valence-corrected chi connectivity index (χ1v) is 10.7. The lowest BCUT2D eigenvalue weighted by atomic mass is 10.2. The van der Waals surface area contributed by atoms with Gasteiger partial charge in [-0.3, -0.25) is 10.1 Å². The van der Waals surface area contributed by atoms with Gasteiger partial charge in [-0.2, -0.15) is 0 Å². The third kappa shape index (κ3) is 6.72. The molecule has 0 bridgehead atoms. The van der Waals surface area contributed by atoms with Crippen LogP contribution in [-0.2, 0) is 14.8 Å². The van der Waals surface area contributed by atoms with E-state index in [2.05, 4.69) is 15.4 Å². The van der Waals surface area contributed by atoms with Crippen molar-refractivity contribution in [3.05, 3.63) is 65.2 Å². The number of hydrogen-bond donors (Lipinski definition) is 3. The Balaban J connectivity index is 1.92. The second-order valence-electron chi connectivity index (χ2n) is 5.72. The molecule has 0 aliphatic heterocycles. The molecule has 0 saturated carbocycles. The highest BCUT2D eigenvalue weighted by Gasteiger charge is 2.12. The van der Waals surface area contributed by atoms with Gasteiger partial charge in [0.05, 0.1) is 4.90 Å².